The van der Waals surface area contributed by atoms with Crippen molar-refractivity contribution < 1.29 is 23.8 Å². The molecular formula is C14H10Cl3NO5S. The molecule has 10 heteroatoms. The molecule has 2 rings (SSSR count). The van der Waals surface area contributed by atoms with Crippen molar-refractivity contribution >= 4 is 58.3 Å². The van der Waals surface area contributed by atoms with E-state index < -0.39 is 17.5 Å². The van der Waals surface area contributed by atoms with E-state index in [2.05, 4.69) is 9.11 Å². The van der Waals surface area contributed by atoms with Gasteiger partial charge in [0.05, 0.1) is 12.7 Å². The third-order valence-corrected chi connectivity index (χ3v) is 4.65. The van der Waals surface area contributed by atoms with Gasteiger partial charge in [0.2, 0.25) is 5.56 Å². The van der Waals surface area contributed by atoms with Crippen LogP contribution in [0.4, 0.5) is 0 Å². The van der Waals surface area contributed by atoms with Crippen molar-refractivity contribution in [2.45, 2.75) is 5.56 Å². The van der Waals surface area contributed by atoms with Gasteiger partial charge in [-0.25, -0.2) is 9.59 Å². The highest BCUT2D eigenvalue weighted by Crippen LogP contribution is 2.29. The van der Waals surface area contributed by atoms with E-state index in [9.17, 15) is 9.59 Å². The first-order chi connectivity index (χ1) is 11.4. The van der Waals surface area contributed by atoms with Gasteiger partial charge in [-0.2, -0.15) is 4.37 Å². The molecule has 0 aliphatic carbocycles. The minimum absolute atomic E-state index is 0.0160. The Balaban J connectivity index is 1.91. The molecule has 0 amide bonds. The Morgan fingerprint density at radius 1 is 1.29 bits per heavy atom. The summed E-state index contributed by atoms with van der Waals surface area (Å²) >= 11 is 18.2. The van der Waals surface area contributed by atoms with Crippen molar-refractivity contribution in [3.05, 3.63) is 44.9 Å². The largest absolute Gasteiger partial charge is 0.488 e. The highest BCUT2D eigenvalue weighted by Gasteiger charge is 2.22. The monoisotopic (exact) mass is 409 g/mol. The number of nitrogens with zero attached hydrogens (tertiary/aromatic N) is 1. The van der Waals surface area contributed by atoms with Crippen LogP contribution in [0.25, 0.3) is 0 Å². The summed E-state index contributed by atoms with van der Waals surface area (Å²) in [6.45, 7) is -0.137. The number of methoxy groups -OCH3 is 1. The first-order valence-corrected chi connectivity index (χ1v) is 8.36. The Morgan fingerprint density at radius 2 is 2.04 bits per heavy atom. The van der Waals surface area contributed by atoms with Crippen molar-refractivity contribution in [3.8, 4) is 5.75 Å². The summed E-state index contributed by atoms with van der Waals surface area (Å²) in [5, 5.41) is 0.0397. The standard InChI is InChI=1S/C14H10Cl3NO5S/c1-21-13(19)7-3-2-4-8(5-7)22-6-9(15)23-14(20)11-10(16)12(17)18-24-11/h2-5,9H,6H2,1H3. The molecule has 0 aliphatic heterocycles. The quantitative estimate of drug-likeness (QED) is 0.528. The third kappa shape index (κ3) is 4.73. The fourth-order valence-electron chi connectivity index (χ4n) is 1.58. The maximum Gasteiger partial charge on any atom is 0.353 e. The number of benzene rings is 1. The number of hydrogen-bond donors (Lipinski definition) is 0. The maximum absolute atomic E-state index is 11.9. The Bertz CT molecular complexity index is 752. The summed E-state index contributed by atoms with van der Waals surface area (Å²) in [7, 11) is 1.28. The molecule has 6 nitrogen and oxygen atoms in total. The average Bonchev–Trinajstić information content (AvgIpc) is 2.92. The fraction of sp³-hybridized carbons (Fsp3) is 0.214. The van der Waals surface area contributed by atoms with Gasteiger partial charge in [-0.05, 0) is 29.7 Å². The number of rotatable bonds is 6. The van der Waals surface area contributed by atoms with Crippen LogP contribution in [0.15, 0.2) is 24.3 Å². The second-order valence-corrected chi connectivity index (χ2v) is 6.26. The Labute approximate surface area is 156 Å². The molecule has 0 bridgehead atoms. The van der Waals surface area contributed by atoms with E-state index in [-0.39, 0.29) is 21.7 Å². The van der Waals surface area contributed by atoms with Crippen molar-refractivity contribution in [3.63, 3.8) is 0 Å². The van der Waals surface area contributed by atoms with Crippen molar-refractivity contribution in [2.75, 3.05) is 13.7 Å². The van der Waals surface area contributed by atoms with Crippen LogP contribution in [-0.4, -0.2) is 35.6 Å². The minimum atomic E-state index is -1.07. The van der Waals surface area contributed by atoms with Gasteiger partial charge in [0.15, 0.2) is 10.0 Å². The number of esters is 2. The van der Waals surface area contributed by atoms with Crippen LogP contribution in [0, 0.1) is 0 Å². The summed E-state index contributed by atoms with van der Waals surface area (Å²) in [4.78, 5) is 23.4. The van der Waals surface area contributed by atoms with Gasteiger partial charge in [-0.15, -0.1) is 0 Å². The SMILES string of the molecule is COC(=O)c1cccc(OCC(Cl)OC(=O)c2snc(Cl)c2Cl)c1. The summed E-state index contributed by atoms with van der Waals surface area (Å²) in [5.74, 6) is -0.874. The second kappa shape index (κ2) is 8.53. The molecule has 0 saturated heterocycles. The van der Waals surface area contributed by atoms with Gasteiger partial charge in [-0.3, -0.25) is 0 Å². The lowest BCUT2D eigenvalue weighted by Crippen LogP contribution is -2.19. The van der Waals surface area contributed by atoms with Crippen LogP contribution in [0.2, 0.25) is 10.2 Å². The van der Waals surface area contributed by atoms with Crippen LogP contribution in [0.3, 0.4) is 0 Å². The summed E-state index contributed by atoms with van der Waals surface area (Å²) in [5.41, 5.74) is -0.750. The molecule has 1 unspecified atom stereocenters. The summed E-state index contributed by atoms with van der Waals surface area (Å²) < 4.78 is 18.7. The first-order valence-electron chi connectivity index (χ1n) is 6.39. The number of halogens is 3. The molecule has 0 radical (unpaired) electrons. The van der Waals surface area contributed by atoms with E-state index in [0.717, 1.165) is 11.5 Å². The molecule has 0 saturated carbocycles. The first kappa shape index (κ1) is 18.8. The number of carbonyl (C=O) groups is 2. The lowest BCUT2D eigenvalue weighted by molar-refractivity contribution is 0.0376. The van der Waals surface area contributed by atoms with Crippen molar-refractivity contribution in [1.29, 1.82) is 0 Å². The molecule has 0 fully saturated rings. The van der Waals surface area contributed by atoms with Gasteiger partial charge in [-0.1, -0.05) is 40.9 Å². The zero-order valence-corrected chi connectivity index (χ0v) is 15.2. The van der Waals surface area contributed by atoms with E-state index in [4.69, 9.17) is 44.3 Å². The number of alkyl halides is 1. The highest BCUT2D eigenvalue weighted by molar-refractivity contribution is 7.09. The predicted molar refractivity (Wildman–Crippen MR) is 90.5 cm³/mol. The molecule has 0 N–H and O–H groups in total. The van der Waals surface area contributed by atoms with Gasteiger partial charge >= 0.3 is 11.9 Å². The number of ether oxygens (including phenoxy) is 3. The van der Waals surface area contributed by atoms with Crippen molar-refractivity contribution in [2.24, 2.45) is 0 Å². The average molecular weight is 411 g/mol. The molecular weight excluding hydrogens is 401 g/mol. The lowest BCUT2D eigenvalue weighted by Gasteiger charge is -2.12. The van der Waals surface area contributed by atoms with Crippen LogP contribution < -0.4 is 4.74 Å². The minimum Gasteiger partial charge on any atom is -0.488 e. The fourth-order valence-corrected chi connectivity index (χ4v) is 2.82. The molecule has 1 heterocycles. The molecule has 0 spiro atoms. The molecule has 1 aromatic carbocycles. The van der Waals surface area contributed by atoms with E-state index in [0.29, 0.717) is 11.3 Å². The topological polar surface area (TPSA) is 74.7 Å². The Morgan fingerprint density at radius 3 is 2.67 bits per heavy atom. The van der Waals surface area contributed by atoms with E-state index in [1.54, 1.807) is 18.2 Å². The second-order valence-electron chi connectivity index (χ2n) is 4.26. The van der Waals surface area contributed by atoms with Gasteiger partial charge in [0.25, 0.3) is 0 Å². The zero-order chi connectivity index (χ0) is 17.7. The van der Waals surface area contributed by atoms with Gasteiger partial charge < -0.3 is 14.2 Å². The Kier molecular flexibility index (Phi) is 6.68. The normalized spacial score (nSPS) is 11.7. The number of aromatic nitrogens is 1. The third-order valence-electron chi connectivity index (χ3n) is 2.65. The zero-order valence-electron chi connectivity index (χ0n) is 12.1. The molecule has 24 heavy (non-hydrogen) atoms. The molecule has 128 valence electrons. The maximum atomic E-state index is 11.9. The van der Waals surface area contributed by atoms with E-state index >= 15 is 0 Å². The number of hydrogen-bond acceptors (Lipinski definition) is 7. The van der Waals surface area contributed by atoms with Crippen LogP contribution in [-0.2, 0) is 9.47 Å². The molecule has 2 aromatic rings. The van der Waals surface area contributed by atoms with E-state index in [1.165, 1.54) is 13.2 Å². The van der Waals surface area contributed by atoms with Crippen molar-refractivity contribution in [1.82, 2.24) is 4.37 Å². The van der Waals surface area contributed by atoms with Gasteiger partial charge in [0.1, 0.15) is 17.4 Å². The van der Waals surface area contributed by atoms with Crippen LogP contribution in [0.5, 0.6) is 5.75 Å². The Hall–Kier alpha value is -1.54. The molecule has 0 aliphatic rings. The highest BCUT2D eigenvalue weighted by atomic mass is 35.5. The number of carbonyl (C=O) groups excluding carboxylic acids is 2. The summed E-state index contributed by atoms with van der Waals surface area (Å²) in [6, 6.07) is 6.30. The molecule has 1 atom stereocenters. The van der Waals surface area contributed by atoms with Crippen LogP contribution in [0.1, 0.15) is 20.0 Å². The lowest BCUT2D eigenvalue weighted by atomic mass is 10.2. The summed E-state index contributed by atoms with van der Waals surface area (Å²) in [6.07, 6.45) is 0. The molecule has 1 aromatic heterocycles. The predicted octanol–water partition coefficient (Wildman–Crippen LogP) is 4.04. The van der Waals surface area contributed by atoms with Gasteiger partial charge in [0, 0.05) is 0 Å². The van der Waals surface area contributed by atoms with E-state index in [1.807, 2.05) is 0 Å². The van der Waals surface area contributed by atoms with Crippen LogP contribution >= 0.6 is 46.3 Å². The smallest absolute Gasteiger partial charge is 0.353 e.